The molecule has 1 aromatic rings. The highest BCUT2D eigenvalue weighted by molar-refractivity contribution is 9.11. The highest BCUT2D eigenvalue weighted by Gasteiger charge is 2.34. The summed E-state index contributed by atoms with van der Waals surface area (Å²) in [5.41, 5.74) is 0.277. The van der Waals surface area contributed by atoms with Crippen LogP contribution >= 0.6 is 27.3 Å². The number of halogens is 1. The minimum absolute atomic E-state index is 0.277. The molecule has 1 saturated heterocycles. The van der Waals surface area contributed by atoms with E-state index in [1.165, 1.54) is 27.9 Å². The second-order valence-electron chi connectivity index (χ2n) is 5.85. The van der Waals surface area contributed by atoms with Crippen LogP contribution in [0.15, 0.2) is 15.9 Å². The van der Waals surface area contributed by atoms with Crippen LogP contribution in [0.3, 0.4) is 0 Å². The maximum Gasteiger partial charge on any atom is 0.0701 e. The largest absolute Gasteiger partial charge is 0.309 e. The van der Waals surface area contributed by atoms with Crippen LogP contribution < -0.4 is 5.32 Å². The molecule has 0 saturated carbocycles. The third-order valence-electron chi connectivity index (χ3n) is 4.22. The molecule has 19 heavy (non-hydrogen) atoms. The van der Waals surface area contributed by atoms with Crippen molar-refractivity contribution in [3.8, 4) is 0 Å². The Hall–Kier alpha value is 0.1000. The predicted octanol–water partition coefficient (Wildman–Crippen LogP) is 4.25. The first-order chi connectivity index (χ1) is 9.06. The fourth-order valence-electron chi connectivity index (χ4n) is 2.80. The van der Waals surface area contributed by atoms with Crippen LogP contribution in [0.4, 0.5) is 0 Å². The van der Waals surface area contributed by atoms with Crippen molar-refractivity contribution >= 4 is 27.3 Å². The second-order valence-corrected chi connectivity index (χ2v) is 8.40. The molecule has 0 radical (unpaired) electrons. The third-order valence-corrected chi connectivity index (χ3v) is 5.83. The standard InChI is InChI=1S/C15H25BrN2S/c1-4-6-12-9-17-15(3,5-2)11-18(12)10-13-7-8-14(16)19-13/h7-8,12,17H,4-6,9-11H2,1-3H3. The van der Waals surface area contributed by atoms with Gasteiger partial charge in [-0.25, -0.2) is 0 Å². The van der Waals surface area contributed by atoms with E-state index in [1.54, 1.807) is 0 Å². The second kappa shape index (κ2) is 6.70. The first-order valence-corrected chi connectivity index (χ1v) is 8.90. The molecular formula is C15H25BrN2S. The van der Waals surface area contributed by atoms with Gasteiger partial charge in [0.15, 0.2) is 0 Å². The molecule has 4 heteroatoms. The van der Waals surface area contributed by atoms with Gasteiger partial charge in [0.1, 0.15) is 0 Å². The van der Waals surface area contributed by atoms with E-state index in [-0.39, 0.29) is 5.54 Å². The Labute approximate surface area is 129 Å². The minimum atomic E-state index is 0.277. The van der Waals surface area contributed by atoms with Crippen molar-refractivity contribution in [3.63, 3.8) is 0 Å². The lowest BCUT2D eigenvalue weighted by atomic mass is 9.92. The van der Waals surface area contributed by atoms with Crippen molar-refractivity contribution in [3.05, 3.63) is 20.8 Å². The van der Waals surface area contributed by atoms with Crippen LogP contribution in [0.25, 0.3) is 0 Å². The van der Waals surface area contributed by atoms with E-state index in [0.29, 0.717) is 6.04 Å². The summed E-state index contributed by atoms with van der Waals surface area (Å²) in [5.74, 6) is 0. The summed E-state index contributed by atoms with van der Waals surface area (Å²) in [6.45, 7) is 10.3. The van der Waals surface area contributed by atoms with E-state index < -0.39 is 0 Å². The molecule has 2 nitrogen and oxygen atoms in total. The van der Waals surface area contributed by atoms with Crippen molar-refractivity contribution in [1.29, 1.82) is 0 Å². The zero-order chi connectivity index (χ0) is 13.9. The summed E-state index contributed by atoms with van der Waals surface area (Å²) in [7, 11) is 0. The zero-order valence-corrected chi connectivity index (χ0v) is 14.6. The van der Waals surface area contributed by atoms with Crippen LogP contribution in [0.5, 0.6) is 0 Å². The van der Waals surface area contributed by atoms with Crippen LogP contribution in [0, 0.1) is 0 Å². The third kappa shape index (κ3) is 4.03. The van der Waals surface area contributed by atoms with Crippen molar-refractivity contribution in [2.75, 3.05) is 13.1 Å². The molecule has 1 fully saturated rings. The summed E-state index contributed by atoms with van der Waals surface area (Å²) < 4.78 is 1.24. The fraction of sp³-hybridized carbons (Fsp3) is 0.733. The lowest BCUT2D eigenvalue weighted by Gasteiger charge is -2.46. The number of rotatable bonds is 5. The van der Waals surface area contributed by atoms with Gasteiger partial charge in [0.25, 0.3) is 0 Å². The molecular weight excluding hydrogens is 320 g/mol. The number of nitrogens with one attached hydrogen (secondary N) is 1. The van der Waals surface area contributed by atoms with E-state index in [2.05, 4.69) is 59.1 Å². The van der Waals surface area contributed by atoms with Crippen LogP contribution in [0.1, 0.15) is 44.9 Å². The molecule has 0 aromatic carbocycles. The Morgan fingerprint density at radius 1 is 1.47 bits per heavy atom. The van der Waals surface area contributed by atoms with Gasteiger partial charge >= 0.3 is 0 Å². The average molecular weight is 345 g/mol. The monoisotopic (exact) mass is 344 g/mol. The van der Waals surface area contributed by atoms with E-state index in [1.807, 2.05) is 11.3 Å². The molecule has 2 rings (SSSR count). The zero-order valence-electron chi connectivity index (χ0n) is 12.2. The SMILES string of the molecule is CCCC1CNC(C)(CC)CN1Cc1ccc(Br)s1. The van der Waals surface area contributed by atoms with Gasteiger partial charge in [0, 0.05) is 36.1 Å². The maximum absolute atomic E-state index is 3.75. The van der Waals surface area contributed by atoms with E-state index in [0.717, 1.165) is 19.6 Å². The van der Waals surface area contributed by atoms with Gasteiger partial charge in [-0.1, -0.05) is 20.3 Å². The molecule has 1 aliphatic rings. The summed E-state index contributed by atoms with van der Waals surface area (Å²) in [4.78, 5) is 4.15. The van der Waals surface area contributed by atoms with Crippen LogP contribution in [0.2, 0.25) is 0 Å². The smallest absolute Gasteiger partial charge is 0.0701 e. The minimum Gasteiger partial charge on any atom is -0.309 e. The van der Waals surface area contributed by atoms with Gasteiger partial charge in [-0.15, -0.1) is 11.3 Å². The topological polar surface area (TPSA) is 15.3 Å². The Kier molecular flexibility index (Phi) is 5.46. The summed E-state index contributed by atoms with van der Waals surface area (Å²) >= 11 is 5.43. The Morgan fingerprint density at radius 3 is 2.84 bits per heavy atom. The van der Waals surface area contributed by atoms with Gasteiger partial charge in [-0.3, -0.25) is 4.90 Å². The van der Waals surface area contributed by atoms with Crippen LogP contribution in [-0.2, 0) is 6.54 Å². The van der Waals surface area contributed by atoms with E-state index in [9.17, 15) is 0 Å². The highest BCUT2D eigenvalue weighted by Crippen LogP contribution is 2.27. The molecule has 1 aliphatic heterocycles. The first kappa shape index (κ1) is 15.5. The van der Waals surface area contributed by atoms with Gasteiger partial charge in [-0.05, 0) is 47.8 Å². The van der Waals surface area contributed by atoms with Gasteiger partial charge < -0.3 is 5.32 Å². The van der Waals surface area contributed by atoms with Gasteiger partial charge in [0.2, 0.25) is 0 Å². The van der Waals surface area contributed by atoms with Crippen molar-refractivity contribution in [2.24, 2.45) is 0 Å². The first-order valence-electron chi connectivity index (χ1n) is 7.29. The number of nitrogens with zero attached hydrogens (tertiary/aromatic N) is 1. The quantitative estimate of drug-likeness (QED) is 0.858. The molecule has 108 valence electrons. The average Bonchev–Trinajstić information content (AvgIpc) is 2.79. The number of hydrogen-bond acceptors (Lipinski definition) is 3. The molecule has 2 heterocycles. The van der Waals surface area contributed by atoms with Crippen molar-refractivity contribution in [2.45, 2.75) is 58.2 Å². The summed E-state index contributed by atoms with van der Waals surface area (Å²) in [5, 5.41) is 3.75. The number of thiophene rings is 1. The molecule has 0 amide bonds. The number of piperazine rings is 1. The predicted molar refractivity (Wildman–Crippen MR) is 87.8 cm³/mol. The Morgan fingerprint density at radius 2 is 2.26 bits per heavy atom. The summed E-state index contributed by atoms with van der Waals surface area (Å²) in [6, 6.07) is 5.10. The maximum atomic E-state index is 3.75. The molecule has 1 N–H and O–H groups in total. The molecule has 1 aromatic heterocycles. The van der Waals surface area contributed by atoms with E-state index in [4.69, 9.17) is 0 Å². The summed E-state index contributed by atoms with van der Waals surface area (Å²) in [6.07, 6.45) is 3.75. The normalized spacial score (nSPS) is 28.7. The molecule has 0 bridgehead atoms. The molecule has 0 aliphatic carbocycles. The molecule has 2 unspecified atom stereocenters. The Balaban J connectivity index is 2.06. The molecule has 0 spiro atoms. The lowest BCUT2D eigenvalue weighted by molar-refractivity contribution is 0.0734. The highest BCUT2D eigenvalue weighted by atomic mass is 79.9. The fourth-order valence-corrected chi connectivity index (χ4v) is 4.31. The van der Waals surface area contributed by atoms with Gasteiger partial charge in [0.05, 0.1) is 3.79 Å². The van der Waals surface area contributed by atoms with Gasteiger partial charge in [-0.2, -0.15) is 0 Å². The van der Waals surface area contributed by atoms with E-state index >= 15 is 0 Å². The Bertz CT molecular complexity index is 407. The lowest BCUT2D eigenvalue weighted by Crippen LogP contribution is -2.62. The van der Waals surface area contributed by atoms with Crippen molar-refractivity contribution < 1.29 is 0 Å². The molecule has 2 atom stereocenters. The number of hydrogen-bond donors (Lipinski definition) is 1. The van der Waals surface area contributed by atoms with Crippen LogP contribution in [-0.4, -0.2) is 29.6 Å². The van der Waals surface area contributed by atoms with Crippen molar-refractivity contribution in [1.82, 2.24) is 10.2 Å².